The van der Waals surface area contributed by atoms with E-state index >= 15 is 0 Å². The molecule has 0 radical (unpaired) electrons. The van der Waals surface area contributed by atoms with E-state index in [9.17, 15) is 9.59 Å². The van der Waals surface area contributed by atoms with Crippen LogP contribution in [-0.4, -0.2) is 45.3 Å². The lowest BCUT2D eigenvalue weighted by Crippen LogP contribution is -2.44. The Balaban J connectivity index is 0.000000688. The molecule has 0 aliphatic rings. The topological polar surface area (TPSA) is 87.7 Å². The zero-order chi connectivity index (χ0) is 18.2. The molecule has 1 aromatic rings. The predicted molar refractivity (Wildman–Crippen MR) is 94.1 cm³/mol. The summed E-state index contributed by atoms with van der Waals surface area (Å²) in [5, 5.41) is 16.0. The maximum absolute atomic E-state index is 12.2. The summed E-state index contributed by atoms with van der Waals surface area (Å²) in [6.07, 6.45) is 5.11. The molecule has 8 heteroatoms. The highest BCUT2D eigenvalue weighted by Gasteiger charge is 2.12. The average molecular weight is 323 g/mol. The van der Waals surface area contributed by atoms with Crippen LogP contribution in [0.3, 0.4) is 0 Å². The van der Waals surface area contributed by atoms with Crippen LogP contribution in [0.1, 0.15) is 25.1 Å². The molecular weight excluding hydrogens is 297 g/mol. The number of aromatic nitrogens is 2. The molecule has 0 aliphatic carbocycles. The summed E-state index contributed by atoms with van der Waals surface area (Å²) in [5.41, 5.74) is 0.733. The molecule has 1 aromatic heterocycles. The minimum Gasteiger partial charge on any atom is -0.424 e. The molecule has 0 amide bonds. The van der Waals surface area contributed by atoms with Gasteiger partial charge in [0.25, 0.3) is 5.56 Å². The van der Waals surface area contributed by atoms with E-state index in [1.165, 1.54) is 15.1 Å². The van der Waals surface area contributed by atoms with Gasteiger partial charge in [0.2, 0.25) is 0 Å². The second-order valence-electron chi connectivity index (χ2n) is 5.23. The van der Waals surface area contributed by atoms with Crippen molar-refractivity contribution >= 4 is 13.2 Å². The van der Waals surface area contributed by atoms with Crippen LogP contribution in [0.25, 0.3) is 6.08 Å². The predicted octanol–water partition coefficient (Wildman–Crippen LogP) is -0.0179. The van der Waals surface area contributed by atoms with Gasteiger partial charge in [-0.2, -0.15) is 0 Å². The standard InChI is InChI=1S/C12H19N3O2.C3H7BO2/c1-6-7-10-9(2)14(5)12(17)15(11(10)16)8-13(3)4;1-2-3-4(5)6/h6-7H,8H2,1-5H3;2-3,5-6H,1H3/b7-6+;3-2+. The minimum atomic E-state index is -1.28. The smallest absolute Gasteiger partial charge is 0.424 e. The van der Waals surface area contributed by atoms with E-state index in [-0.39, 0.29) is 17.9 Å². The van der Waals surface area contributed by atoms with Crippen molar-refractivity contribution in [2.45, 2.75) is 27.4 Å². The molecule has 0 saturated heterocycles. The largest absolute Gasteiger partial charge is 0.480 e. The molecule has 0 bridgehead atoms. The monoisotopic (exact) mass is 323 g/mol. The van der Waals surface area contributed by atoms with Crippen LogP contribution in [0.5, 0.6) is 0 Å². The van der Waals surface area contributed by atoms with Crippen molar-refractivity contribution in [3.05, 3.63) is 50.2 Å². The second-order valence-corrected chi connectivity index (χ2v) is 5.23. The van der Waals surface area contributed by atoms with Gasteiger partial charge in [-0.15, -0.1) is 0 Å². The molecular formula is C15H26BN3O4. The fourth-order valence-corrected chi connectivity index (χ4v) is 1.83. The van der Waals surface area contributed by atoms with E-state index in [2.05, 4.69) is 0 Å². The molecule has 1 heterocycles. The Bertz CT molecular complexity index is 673. The summed E-state index contributed by atoms with van der Waals surface area (Å²) in [4.78, 5) is 25.9. The van der Waals surface area contributed by atoms with Crippen LogP contribution in [0.2, 0.25) is 0 Å². The zero-order valence-electron chi connectivity index (χ0n) is 14.6. The normalized spacial score (nSPS) is 11.2. The highest BCUT2D eigenvalue weighted by Crippen LogP contribution is 2.01. The fourth-order valence-electron chi connectivity index (χ4n) is 1.83. The van der Waals surface area contributed by atoms with E-state index < -0.39 is 7.12 Å². The van der Waals surface area contributed by atoms with Crippen molar-refractivity contribution in [2.75, 3.05) is 14.1 Å². The van der Waals surface area contributed by atoms with Gasteiger partial charge in [0.15, 0.2) is 0 Å². The number of hydrogen-bond donors (Lipinski definition) is 2. The Morgan fingerprint density at radius 3 is 2.09 bits per heavy atom. The third-order valence-electron chi connectivity index (χ3n) is 3.01. The third-order valence-corrected chi connectivity index (χ3v) is 3.01. The Kier molecular flexibility index (Phi) is 9.17. The Labute approximate surface area is 136 Å². The van der Waals surface area contributed by atoms with Crippen molar-refractivity contribution in [1.29, 1.82) is 0 Å². The molecule has 0 aromatic carbocycles. The van der Waals surface area contributed by atoms with Crippen molar-refractivity contribution in [2.24, 2.45) is 7.05 Å². The van der Waals surface area contributed by atoms with E-state index in [1.807, 2.05) is 21.0 Å². The highest BCUT2D eigenvalue weighted by molar-refractivity contribution is 6.47. The second kappa shape index (κ2) is 9.99. The molecule has 7 nitrogen and oxygen atoms in total. The summed E-state index contributed by atoms with van der Waals surface area (Å²) in [5.74, 6) is 1.28. The van der Waals surface area contributed by atoms with Crippen molar-refractivity contribution in [3.8, 4) is 0 Å². The number of allylic oxidation sites excluding steroid dienone is 2. The quantitative estimate of drug-likeness (QED) is 0.761. The zero-order valence-corrected chi connectivity index (χ0v) is 14.6. The molecule has 0 aliphatic heterocycles. The van der Waals surface area contributed by atoms with Crippen molar-refractivity contribution < 1.29 is 10.0 Å². The first-order valence-corrected chi connectivity index (χ1v) is 7.24. The van der Waals surface area contributed by atoms with Gasteiger partial charge in [-0.3, -0.25) is 9.69 Å². The van der Waals surface area contributed by atoms with E-state index in [1.54, 1.807) is 44.0 Å². The van der Waals surface area contributed by atoms with Gasteiger partial charge < -0.3 is 14.6 Å². The summed E-state index contributed by atoms with van der Waals surface area (Å²) < 4.78 is 2.74. The Morgan fingerprint density at radius 2 is 1.74 bits per heavy atom. The molecule has 0 atom stereocenters. The highest BCUT2D eigenvalue weighted by atomic mass is 16.4. The summed E-state index contributed by atoms with van der Waals surface area (Å²) >= 11 is 0. The van der Waals surface area contributed by atoms with Crippen LogP contribution in [-0.2, 0) is 13.7 Å². The molecule has 128 valence electrons. The van der Waals surface area contributed by atoms with E-state index in [4.69, 9.17) is 10.0 Å². The molecule has 0 unspecified atom stereocenters. The third kappa shape index (κ3) is 6.39. The van der Waals surface area contributed by atoms with Gasteiger partial charge in [0.05, 0.1) is 12.2 Å². The maximum Gasteiger partial charge on any atom is 0.480 e. The molecule has 1 rings (SSSR count). The molecule has 23 heavy (non-hydrogen) atoms. The lowest BCUT2D eigenvalue weighted by atomic mass is 9.92. The van der Waals surface area contributed by atoms with Crippen LogP contribution >= 0.6 is 0 Å². The van der Waals surface area contributed by atoms with E-state index in [0.29, 0.717) is 11.3 Å². The number of nitrogens with zero attached hydrogens (tertiary/aromatic N) is 3. The first-order chi connectivity index (χ1) is 10.7. The summed E-state index contributed by atoms with van der Waals surface area (Å²) in [6.45, 7) is 5.63. The van der Waals surface area contributed by atoms with Gasteiger partial charge >= 0.3 is 12.8 Å². The maximum atomic E-state index is 12.2. The Morgan fingerprint density at radius 1 is 1.17 bits per heavy atom. The molecule has 0 saturated carbocycles. The fraction of sp³-hybridized carbons (Fsp3) is 0.467. The van der Waals surface area contributed by atoms with Crippen LogP contribution in [0.15, 0.2) is 27.7 Å². The van der Waals surface area contributed by atoms with Gasteiger partial charge in [-0.05, 0) is 34.9 Å². The van der Waals surface area contributed by atoms with Crippen LogP contribution < -0.4 is 11.2 Å². The van der Waals surface area contributed by atoms with Crippen LogP contribution in [0.4, 0.5) is 0 Å². The minimum absolute atomic E-state index is 0.239. The Hall–Kier alpha value is -1.90. The lowest BCUT2D eigenvalue weighted by Gasteiger charge is -2.15. The van der Waals surface area contributed by atoms with E-state index in [0.717, 1.165) is 0 Å². The van der Waals surface area contributed by atoms with Gasteiger partial charge in [-0.25, -0.2) is 9.36 Å². The van der Waals surface area contributed by atoms with Crippen LogP contribution in [0, 0.1) is 6.92 Å². The average Bonchev–Trinajstić information content (AvgIpc) is 2.46. The molecule has 0 fully saturated rings. The first-order valence-electron chi connectivity index (χ1n) is 7.24. The van der Waals surface area contributed by atoms with Gasteiger partial charge in [0, 0.05) is 12.7 Å². The van der Waals surface area contributed by atoms with Crippen molar-refractivity contribution in [3.63, 3.8) is 0 Å². The van der Waals surface area contributed by atoms with Crippen molar-refractivity contribution in [1.82, 2.24) is 14.0 Å². The summed E-state index contributed by atoms with van der Waals surface area (Å²) in [6, 6.07) is 0. The number of rotatable bonds is 4. The summed E-state index contributed by atoms with van der Waals surface area (Å²) in [7, 11) is 4.04. The first kappa shape index (κ1) is 21.1. The van der Waals surface area contributed by atoms with Gasteiger partial charge in [-0.1, -0.05) is 24.2 Å². The molecule has 0 spiro atoms. The number of hydrogen-bond acceptors (Lipinski definition) is 5. The van der Waals surface area contributed by atoms with Gasteiger partial charge in [0.1, 0.15) is 0 Å². The molecule has 2 N–H and O–H groups in total. The SMILES string of the molecule is C/C=C/B(O)O.C/C=C/c1c(C)n(C)c(=O)n(CN(C)C)c1=O. The lowest BCUT2D eigenvalue weighted by molar-refractivity contribution is 0.308.